The van der Waals surface area contributed by atoms with Crippen LogP contribution in [0.3, 0.4) is 0 Å². The molecule has 2 heterocycles. The molecule has 1 aromatic heterocycles. The summed E-state index contributed by atoms with van der Waals surface area (Å²) in [5, 5.41) is 17.2. The fraction of sp³-hybridized carbons (Fsp3) is 0.429. The van der Waals surface area contributed by atoms with E-state index in [9.17, 15) is 9.90 Å². The van der Waals surface area contributed by atoms with Gasteiger partial charge in [0, 0.05) is 30.0 Å². The minimum atomic E-state index is -1.01. The lowest BCUT2D eigenvalue weighted by molar-refractivity contribution is -0.116. The largest absolute Gasteiger partial charge is 0.378 e. The van der Waals surface area contributed by atoms with Gasteiger partial charge in [-0.15, -0.1) is 0 Å². The van der Waals surface area contributed by atoms with Crippen LogP contribution < -0.4 is 5.32 Å². The van der Waals surface area contributed by atoms with Crippen molar-refractivity contribution in [3.8, 4) is 11.8 Å². The van der Waals surface area contributed by atoms with Crippen molar-refractivity contribution in [1.82, 2.24) is 9.78 Å². The number of nitrogens with zero attached hydrogens (tertiary/aromatic N) is 2. The first-order chi connectivity index (χ1) is 12.4. The Labute approximate surface area is 153 Å². The third-order valence-corrected chi connectivity index (χ3v) is 4.84. The van der Waals surface area contributed by atoms with E-state index < -0.39 is 5.60 Å². The van der Waals surface area contributed by atoms with Crippen LogP contribution in [0.5, 0.6) is 0 Å². The Morgan fingerprint density at radius 3 is 2.69 bits per heavy atom. The average Bonchev–Trinajstić information content (AvgIpc) is 3.32. The van der Waals surface area contributed by atoms with Crippen LogP contribution in [0.25, 0.3) is 0 Å². The number of rotatable bonds is 3. The number of amides is 1. The fourth-order valence-corrected chi connectivity index (χ4v) is 3.27. The molecule has 0 saturated heterocycles. The SMILES string of the molecule is CC(C)(O)C#Cc1ccc(C2CC(=O)Nc3c2cnn3CC2CC2)cc1. The van der Waals surface area contributed by atoms with Crippen molar-refractivity contribution >= 4 is 11.7 Å². The molecular formula is C21H23N3O2. The van der Waals surface area contributed by atoms with Crippen LogP contribution in [0.1, 0.15) is 55.7 Å². The summed E-state index contributed by atoms with van der Waals surface area (Å²) in [6.45, 7) is 4.21. The van der Waals surface area contributed by atoms with E-state index in [1.807, 2.05) is 35.1 Å². The van der Waals surface area contributed by atoms with Crippen molar-refractivity contribution < 1.29 is 9.90 Å². The standard InChI is InChI=1S/C21H23N3O2/c1-21(2,26)10-9-14-5-7-16(8-6-14)17-11-19(25)23-20-18(17)12-22-24(20)13-15-3-4-15/h5-8,12,15,17,26H,3-4,11,13H2,1-2H3,(H,23,25). The van der Waals surface area contributed by atoms with Gasteiger partial charge >= 0.3 is 0 Å². The number of carbonyl (C=O) groups excluding carboxylic acids is 1. The molecule has 134 valence electrons. The first-order valence-corrected chi connectivity index (χ1v) is 9.10. The molecule has 1 fully saturated rings. The minimum Gasteiger partial charge on any atom is -0.378 e. The first kappa shape index (κ1) is 16.9. The summed E-state index contributed by atoms with van der Waals surface area (Å²) in [5.74, 6) is 7.39. The van der Waals surface area contributed by atoms with Gasteiger partial charge in [-0.2, -0.15) is 5.10 Å². The van der Waals surface area contributed by atoms with E-state index in [0.717, 1.165) is 29.1 Å². The highest BCUT2D eigenvalue weighted by Crippen LogP contribution is 2.39. The average molecular weight is 349 g/mol. The van der Waals surface area contributed by atoms with Crippen molar-refractivity contribution in [3.63, 3.8) is 0 Å². The summed E-state index contributed by atoms with van der Waals surface area (Å²) < 4.78 is 1.94. The van der Waals surface area contributed by atoms with Gasteiger partial charge in [0.15, 0.2) is 0 Å². The monoisotopic (exact) mass is 349 g/mol. The lowest BCUT2D eigenvalue weighted by Gasteiger charge is -2.24. The topological polar surface area (TPSA) is 67.2 Å². The Hall–Kier alpha value is -2.58. The molecule has 4 rings (SSSR count). The van der Waals surface area contributed by atoms with E-state index in [1.54, 1.807) is 13.8 Å². The summed E-state index contributed by atoms with van der Waals surface area (Å²) in [7, 11) is 0. The molecule has 2 N–H and O–H groups in total. The second-order valence-corrected chi connectivity index (χ2v) is 7.81. The lowest BCUT2D eigenvalue weighted by Crippen LogP contribution is -2.25. The summed E-state index contributed by atoms with van der Waals surface area (Å²) in [4.78, 5) is 12.2. The molecule has 1 unspecified atom stereocenters. The number of fused-ring (bicyclic) bond motifs is 1. The maximum atomic E-state index is 12.2. The molecule has 26 heavy (non-hydrogen) atoms. The molecular weight excluding hydrogens is 326 g/mol. The van der Waals surface area contributed by atoms with Crippen LogP contribution >= 0.6 is 0 Å². The molecule has 1 amide bonds. The van der Waals surface area contributed by atoms with Crippen LogP contribution in [0.2, 0.25) is 0 Å². The number of hydrogen-bond acceptors (Lipinski definition) is 3. The molecule has 1 aliphatic heterocycles. The van der Waals surface area contributed by atoms with E-state index >= 15 is 0 Å². The van der Waals surface area contributed by atoms with Crippen LogP contribution in [0, 0.1) is 17.8 Å². The zero-order chi connectivity index (χ0) is 18.3. The number of anilines is 1. The molecule has 2 aromatic rings. The normalized spacial score (nSPS) is 19.3. The molecule has 0 bridgehead atoms. The highest BCUT2D eigenvalue weighted by Gasteiger charge is 2.31. The Morgan fingerprint density at radius 2 is 2.04 bits per heavy atom. The van der Waals surface area contributed by atoms with Crippen molar-refractivity contribution in [2.75, 3.05) is 5.32 Å². The van der Waals surface area contributed by atoms with Gasteiger partial charge in [0.05, 0.1) is 6.20 Å². The highest BCUT2D eigenvalue weighted by atomic mass is 16.3. The quantitative estimate of drug-likeness (QED) is 0.838. The van der Waals surface area contributed by atoms with Gasteiger partial charge in [-0.1, -0.05) is 24.0 Å². The number of benzene rings is 1. The molecule has 1 aromatic carbocycles. The van der Waals surface area contributed by atoms with Crippen molar-refractivity contribution in [2.45, 2.75) is 51.2 Å². The fourth-order valence-electron chi connectivity index (χ4n) is 3.27. The maximum Gasteiger partial charge on any atom is 0.226 e. The Balaban J connectivity index is 1.61. The number of hydrogen-bond donors (Lipinski definition) is 2. The van der Waals surface area contributed by atoms with Crippen molar-refractivity contribution in [1.29, 1.82) is 0 Å². The molecule has 5 heteroatoms. The van der Waals surface area contributed by atoms with E-state index in [0.29, 0.717) is 12.3 Å². The van der Waals surface area contributed by atoms with Gasteiger partial charge in [0.1, 0.15) is 11.4 Å². The van der Waals surface area contributed by atoms with Crippen LogP contribution in [0.4, 0.5) is 5.82 Å². The molecule has 0 spiro atoms. The van der Waals surface area contributed by atoms with Gasteiger partial charge in [-0.3, -0.25) is 4.79 Å². The zero-order valence-corrected chi connectivity index (χ0v) is 15.1. The number of nitrogens with one attached hydrogen (secondary N) is 1. The van der Waals surface area contributed by atoms with Crippen molar-refractivity contribution in [2.24, 2.45) is 5.92 Å². The Kier molecular flexibility index (Phi) is 4.08. The number of aromatic nitrogens is 2. The third kappa shape index (κ3) is 3.66. The van der Waals surface area contributed by atoms with Crippen molar-refractivity contribution in [3.05, 3.63) is 47.2 Å². The zero-order valence-electron chi connectivity index (χ0n) is 15.1. The third-order valence-electron chi connectivity index (χ3n) is 4.84. The Bertz CT molecular complexity index is 890. The molecule has 5 nitrogen and oxygen atoms in total. The lowest BCUT2D eigenvalue weighted by atomic mass is 9.87. The van der Waals surface area contributed by atoms with Gasteiger partial charge < -0.3 is 10.4 Å². The molecule has 1 atom stereocenters. The van der Waals surface area contributed by atoms with E-state index in [4.69, 9.17) is 0 Å². The molecule has 0 radical (unpaired) electrons. The predicted molar refractivity (Wildman–Crippen MR) is 99.7 cm³/mol. The molecule has 2 aliphatic rings. The van der Waals surface area contributed by atoms with Gasteiger partial charge in [0.25, 0.3) is 0 Å². The summed E-state index contributed by atoms with van der Waals surface area (Å²) in [6, 6.07) is 7.91. The number of aliphatic hydroxyl groups is 1. The predicted octanol–water partition coefficient (Wildman–Crippen LogP) is 2.89. The highest BCUT2D eigenvalue weighted by molar-refractivity contribution is 5.94. The van der Waals surface area contributed by atoms with E-state index in [1.165, 1.54) is 12.8 Å². The Morgan fingerprint density at radius 1 is 1.31 bits per heavy atom. The van der Waals surface area contributed by atoms with Crippen LogP contribution in [-0.2, 0) is 11.3 Å². The minimum absolute atomic E-state index is 0.0167. The summed E-state index contributed by atoms with van der Waals surface area (Å²) >= 11 is 0. The summed E-state index contributed by atoms with van der Waals surface area (Å²) in [5.41, 5.74) is 2.01. The smallest absolute Gasteiger partial charge is 0.226 e. The van der Waals surface area contributed by atoms with Gasteiger partial charge in [-0.05, 0) is 50.3 Å². The van der Waals surface area contributed by atoms with Gasteiger partial charge in [-0.25, -0.2) is 4.68 Å². The first-order valence-electron chi connectivity index (χ1n) is 9.10. The number of carbonyl (C=O) groups is 1. The molecule has 1 aliphatic carbocycles. The van der Waals surface area contributed by atoms with E-state index in [-0.39, 0.29) is 11.8 Å². The van der Waals surface area contributed by atoms with Crippen LogP contribution in [0.15, 0.2) is 30.5 Å². The second kappa shape index (κ2) is 6.30. The maximum absolute atomic E-state index is 12.2. The van der Waals surface area contributed by atoms with Crippen LogP contribution in [-0.4, -0.2) is 26.4 Å². The second-order valence-electron chi connectivity index (χ2n) is 7.81. The summed E-state index contributed by atoms with van der Waals surface area (Å²) in [6.07, 6.45) is 4.82. The van der Waals surface area contributed by atoms with Gasteiger partial charge in [0.2, 0.25) is 5.91 Å². The molecule has 1 saturated carbocycles. The van der Waals surface area contributed by atoms with E-state index in [2.05, 4.69) is 22.3 Å².